The van der Waals surface area contributed by atoms with E-state index in [2.05, 4.69) is 20.8 Å². The van der Waals surface area contributed by atoms with Gasteiger partial charge in [-0.15, -0.1) is 0 Å². The minimum Gasteiger partial charge on any atom is -0.370 e. The molecule has 1 fully saturated rings. The van der Waals surface area contributed by atoms with E-state index in [9.17, 15) is 4.79 Å². The van der Waals surface area contributed by atoms with Gasteiger partial charge in [0.15, 0.2) is 5.78 Å². The summed E-state index contributed by atoms with van der Waals surface area (Å²) in [6, 6.07) is 0. The minimum atomic E-state index is -0.461. The maximum Gasteiger partial charge on any atom is 0.164 e. The number of rotatable bonds is 10. The lowest BCUT2D eigenvalue weighted by molar-refractivity contribution is -0.148. The van der Waals surface area contributed by atoms with Crippen LogP contribution < -0.4 is 0 Å². The lowest BCUT2D eigenvalue weighted by Crippen LogP contribution is -2.45. The van der Waals surface area contributed by atoms with Gasteiger partial charge in [0.2, 0.25) is 0 Å². The number of hydrogen-bond donors (Lipinski definition) is 0. The van der Waals surface area contributed by atoms with Crippen molar-refractivity contribution in [2.24, 2.45) is 5.41 Å². The number of hydrogen-bond acceptors (Lipinski definition) is 2. The van der Waals surface area contributed by atoms with Crippen molar-refractivity contribution in [3.05, 3.63) is 0 Å². The molecule has 2 nitrogen and oxygen atoms in total. The number of ether oxygens (including phenoxy) is 1. The van der Waals surface area contributed by atoms with Crippen LogP contribution in [0.5, 0.6) is 0 Å². The fourth-order valence-corrected chi connectivity index (χ4v) is 3.40. The average molecular weight is 296 g/mol. The fourth-order valence-electron chi connectivity index (χ4n) is 3.40. The highest BCUT2D eigenvalue weighted by Crippen LogP contribution is 2.42. The van der Waals surface area contributed by atoms with E-state index in [1.807, 2.05) is 0 Å². The first-order valence-corrected chi connectivity index (χ1v) is 9.04. The van der Waals surface area contributed by atoms with Gasteiger partial charge in [-0.1, -0.05) is 59.3 Å². The molecule has 0 N–H and O–H groups in total. The van der Waals surface area contributed by atoms with Crippen molar-refractivity contribution >= 4 is 5.78 Å². The van der Waals surface area contributed by atoms with Crippen LogP contribution in [0.25, 0.3) is 0 Å². The molecule has 1 rings (SSSR count). The van der Waals surface area contributed by atoms with Crippen molar-refractivity contribution in [3.63, 3.8) is 0 Å². The zero-order valence-corrected chi connectivity index (χ0v) is 14.8. The molecule has 21 heavy (non-hydrogen) atoms. The number of Topliss-reactive ketones (excluding diaryl/α,β-unsaturated/α-hetero) is 1. The monoisotopic (exact) mass is 296 g/mol. The van der Waals surface area contributed by atoms with Gasteiger partial charge in [0.05, 0.1) is 0 Å². The first kappa shape index (κ1) is 18.7. The van der Waals surface area contributed by atoms with Crippen LogP contribution in [0.1, 0.15) is 97.8 Å². The molecule has 0 heterocycles. The van der Waals surface area contributed by atoms with Crippen molar-refractivity contribution in [3.8, 4) is 0 Å². The van der Waals surface area contributed by atoms with Crippen molar-refractivity contribution in [1.82, 2.24) is 0 Å². The van der Waals surface area contributed by atoms with E-state index in [1.54, 1.807) is 7.11 Å². The predicted octanol–water partition coefficient (Wildman–Crippen LogP) is 5.68. The molecule has 1 aliphatic rings. The molecule has 0 amide bonds. The van der Waals surface area contributed by atoms with Crippen LogP contribution in [0.2, 0.25) is 0 Å². The lowest BCUT2D eigenvalue weighted by Gasteiger charge is -2.41. The Labute approximate surface area is 132 Å². The van der Waals surface area contributed by atoms with Crippen LogP contribution in [-0.4, -0.2) is 18.5 Å². The van der Waals surface area contributed by atoms with E-state index < -0.39 is 5.60 Å². The van der Waals surface area contributed by atoms with E-state index >= 15 is 0 Å². The molecular weight excluding hydrogens is 260 g/mol. The smallest absolute Gasteiger partial charge is 0.164 e. The van der Waals surface area contributed by atoms with E-state index in [0.29, 0.717) is 17.6 Å². The minimum absolute atomic E-state index is 0.356. The maximum atomic E-state index is 12.6. The largest absolute Gasteiger partial charge is 0.370 e. The Hall–Kier alpha value is -0.370. The Morgan fingerprint density at radius 3 is 1.95 bits per heavy atom. The second kappa shape index (κ2) is 8.92. The summed E-state index contributed by atoms with van der Waals surface area (Å²) in [7, 11) is 1.72. The standard InChI is InChI=1S/C19H36O2/c1-5-6-7-8-9-10-11-12-17(20)19(21-4)15-13-18(2,3)14-16-19/h5-16H2,1-4H3. The highest BCUT2D eigenvalue weighted by atomic mass is 16.5. The summed E-state index contributed by atoms with van der Waals surface area (Å²) in [4.78, 5) is 12.6. The molecule has 1 aliphatic carbocycles. The van der Waals surface area contributed by atoms with Gasteiger partial charge in [0, 0.05) is 13.5 Å². The van der Waals surface area contributed by atoms with Gasteiger partial charge in [0.25, 0.3) is 0 Å². The first-order chi connectivity index (χ1) is 9.96. The van der Waals surface area contributed by atoms with Crippen LogP contribution >= 0.6 is 0 Å². The van der Waals surface area contributed by atoms with Gasteiger partial charge in [-0.05, 0) is 37.5 Å². The van der Waals surface area contributed by atoms with Gasteiger partial charge in [0.1, 0.15) is 5.60 Å². The summed E-state index contributed by atoms with van der Waals surface area (Å²) < 4.78 is 5.69. The van der Waals surface area contributed by atoms with Gasteiger partial charge in [-0.25, -0.2) is 0 Å². The summed E-state index contributed by atoms with van der Waals surface area (Å²) >= 11 is 0. The Morgan fingerprint density at radius 2 is 1.43 bits per heavy atom. The Morgan fingerprint density at radius 1 is 0.905 bits per heavy atom. The zero-order valence-electron chi connectivity index (χ0n) is 14.8. The van der Waals surface area contributed by atoms with Crippen LogP contribution in [-0.2, 0) is 9.53 Å². The second-order valence-corrected chi connectivity index (χ2v) is 7.66. The number of ketones is 1. The van der Waals surface area contributed by atoms with Crippen LogP contribution in [0.15, 0.2) is 0 Å². The van der Waals surface area contributed by atoms with Crippen LogP contribution in [0.3, 0.4) is 0 Å². The van der Waals surface area contributed by atoms with Crippen LogP contribution in [0, 0.1) is 5.41 Å². The maximum absolute atomic E-state index is 12.6. The molecule has 0 atom stereocenters. The Balaban J connectivity index is 2.26. The van der Waals surface area contributed by atoms with Crippen LogP contribution in [0.4, 0.5) is 0 Å². The van der Waals surface area contributed by atoms with Crippen molar-refractivity contribution < 1.29 is 9.53 Å². The number of methoxy groups -OCH3 is 1. The highest BCUT2D eigenvalue weighted by Gasteiger charge is 2.43. The average Bonchev–Trinajstić information content (AvgIpc) is 2.47. The molecule has 0 aromatic heterocycles. The third-order valence-corrected chi connectivity index (χ3v) is 5.32. The quantitative estimate of drug-likeness (QED) is 0.485. The van der Waals surface area contributed by atoms with Crippen molar-refractivity contribution in [2.45, 2.75) is 103 Å². The third kappa shape index (κ3) is 6.10. The molecule has 0 aromatic carbocycles. The normalized spacial score (nSPS) is 20.4. The molecule has 0 aliphatic heterocycles. The third-order valence-electron chi connectivity index (χ3n) is 5.32. The molecule has 1 saturated carbocycles. The second-order valence-electron chi connectivity index (χ2n) is 7.66. The summed E-state index contributed by atoms with van der Waals surface area (Å²) in [6.07, 6.45) is 13.6. The zero-order chi connectivity index (χ0) is 15.8. The molecule has 2 heteroatoms. The van der Waals surface area contributed by atoms with Gasteiger partial charge < -0.3 is 4.74 Å². The van der Waals surface area contributed by atoms with Crippen molar-refractivity contribution in [2.75, 3.05) is 7.11 Å². The summed E-state index contributed by atoms with van der Waals surface area (Å²) in [5.41, 5.74) is -0.0840. The summed E-state index contributed by atoms with van der Waals surface area (Å²) in [5, 5.41) is 0. The molecule has 0 radical (unpaired) electrons. The van der Waals surface area contributed by atoms with Gasteiger partial charge in [-0.2, -0.15) is 0 Å². The predicted molar refractivity (Wildman–Crippen MR) is 89.6 cm³/mol. The lowest BCUT2D eigenvalue weighted by atomic mass is 9.69. The molecular formula is C19H36O2. The van der Waals surface area contributed by atoms with E-state index in [-0.39, 0.29) is 0 Å². The Bertz CT molecular complexity index is 297. The topological polar surface area (TPSA) is 26.3 Å². The summed E-state index contributed by atoms with van der Waals surface area (Å²) in [6.45, 7) is 6.84. The summed E-state index contributed by atoms with van der Waals surface area (Å²) in [5.74, 6) is 0.356. The number of carbonyl (C=O) groups is 1. The molecule has 124 valence electrons. The molecule has 0 saturated heterocycles. The molecule has 0 aromatic rings. The molecule has 0 spiro atoms. The van der Waals surface area contributed by atoms with E-state index in [4.69, 9.17) is 4.74 Å². The SMILES string of the molecule is CCCCCCCCCC(=O)C1(OC)CCC(C)(C)CC1. The van der Waals surface area contributed by atoms with Gasteiger partial charge >= 0.3 is 0 Å². The number of unbranched alkanes of at least 4 members (excludes halogenated alkanes) is 6. The molecule has 0 unspecified atom stereocenters. The number of carbonyl (C=O) groups excluding carboxylic acids is 1. The highest BCUT2D eigenvalue weighted by molar-refractivity contribution is 5.87. The van der Waals surface area contributed by atoms with E-state index in [0.717, 1.165) is 32.1 Å². The Kier molecular flexibility index (Phi) is 7.94. The first-order valence-electron chi connectivity index (χ1n) is 9.04. The van der Waals surface area contributed by atoms with E-state index in [1.165, 1.54) is 38.5 Å². The van der Waals surface area contributed by atoms with Crippen molar-refractivity contribution in [1.29, 1.82) is 0 Å². The molecule has 0 bridgehead atoms. The fraction of sp³-hybridized carbons (Fsp3) is 0.947. The van der Waals surface area contributed by atoms with Gasteiger partial charge in [-0.3, -0.25) is 4.79 Å².